The van der Waals surface area contributed by atoms with E-state index in [0.29, 0.717) is 5.92 Å². The van der Waals surface area contributed by atoms with Gasteiger partial charge in [-0.15, -0.1) is 0 Å². The minimum absolute atomic E-state index is 0.439. The third-order valence-electron chi connectivity index (χ3n) is 2.93. The number of ether oxygens (including phenoxy) is 1. The van der Waals surface area contributed by atoms with Gasteiger partial charge >= 0.3 is 0 Å². The highest BCUT2D eigenvalue weighted by molar-refractivity contribution is 5.71. The molecule has 0 radical (unpaired) electrons. The third-order valence-corrected chi connectivity index (χ3v) is 2.93. The molecule has 1 aromatic carbocycles. The minimum Gasteiger partial charge on any atom is -0.496 e. The zero-order valence-electron chi connectivity index (χ0n) is 10.7. The van der Waals surface area contributed by atoms with Gasteiger partial charge in [-0.05, 0) is 25.0 Å². The van der Waals surface area contributed by atoms with Crippen LogP contribution in [0.5, 0.6) is 5.75 Å². The summed E-state index contributed by atoms with van der Waals surface area (Å²) < 4.78 is 5.39. The van der Waals surface area contributed by atoms with Crippen molar-refractivity contribution in [3.63, 3.8) is 0 Å². The highest BCUT2D eigenvalue weighted by Crippen LogP contribution is 2.34. The monoisotopic (exact) mass is 230 g/mol. The van der Waals surface area contributed by atoms with Gasteiger partial charge in [-0.1, -0.05) is 26.0 Å². The molecule has 0 unspecified atom stereocenters. The Labute approximate surface area is 102 Å². The minimum atomic E-state index is 0.439. The summed E-state index contributed by atoms with van der Waals surface area (Å²) in [6, 6.07) is 7.98. The van der Waals surface area contributed by atoms with Gasteiger partial charge in [0.1, 0.15) is 5.75 Å². The smallest absolute Gasteiger partial charge is 0.128 e. The van der Waals surface area contributed by atoms with Crippen molar-refractivity contribution in [2.45, 2.75) is 26.7 Å². The number of aromatic nitrogens is 2. The number of para-hydroxylation sites is 1. The lowest BCUT2D eigenvalue weighted by Gasteiger charge is -2.10. The summed E-state index contributed by atoms with van der Waals surface area (Å²) in [6.07, 6.45) is 0. The molecule has 0 atom stereocenters. The van der Waals surface area contributed by atoms with Gasteiger partial charge in [-0.3, -0.25) is 5.10 Å². The maximum atomic E-state index is 5.39. The largest absolute Gasteiger partial charge is 0.496 e. The lowest BCUT2D eigenvalue weighted by Crippen LogP contribution is -1.94. The Kier molecular flexibility index (Phi) is 3.18. The molecule has 90 valence electrons. The molecule has 1 aromatic heterocycles. The van der Waals surface area contributed by atoms with Crippen LogP contribution in [-0.4, -0.2) is 17.3 Å². The first-order chi connectivity index (χ1) is 8.15. The van der Waals surface area contributed by atoms with Crippen LogP contribution >= 0.6 is 0 Å². The molecule has 0 amide bonds. The number of aromatic amines is 1. The van der Waals surface area contributed by atoms with Gasteiger partial charge in [-0.2, -0.15) is 5.10 Å². The van der Waals surface area contributed by atoms with Gasteiger partial charge in [0.05, 0.1) is 12.8 Å². The average molecular weight is 230 g/mol. The first-order valence-corrected chi connectivity index (χ1v) is 5.83. The fraction of sp³-hybridized carbons (Fsp3) is 0.357. The number of hydrogen-bond acceptors (Lipinski definition) is 2. The van der Waals surface area contributed by atoms with Crippen molar-refractivity contribution < 1.29 is 4.74 Å². The summed E-state index contributed by atoms with van der Waals surface area (Å²) in [5.41, 5.74) is 4.42. The molecule has 0 aliphatic heterocycles. The van der Waals surface area contributed by atoms with Crippen molar-refractivity contribution in [1.82, 2.24) is 10.2 Å². The van der Waals surface area contributed by atoms with Gasteiger partial charge in [0, 0.05) is 16.8 Å². The molecule has 0 spiro atoms. The second-order valence-electron chi connectivity index (χ2n) is 4.47. The van der Waals surface area contributed by atoms with Crippen molar-refractivity contribution in [3.8, 4) is 17.0 Å². The van der Waals surface area contributed by atoms with Crippen LogP contribution in [0.25, 0.3) is 11.3 Å². The van der Waals surface area contributed by atoms with Crippen LogP contribution in [-0.2, 0) is 0 Å². The van der Waals surface area contributed by atoms with E-state index in [4.69, 9.17) is 4.74 Å². The van der Waals surface area contributed by atoms with Gasteiger partial charge in [-0.25, -0.2) is 0 Å². The molecule has 0 fully saturated rings. The van der Waals surface area contributed by atoms with Crippen LogP contribution in [0, 0.1) is 6.92 Å². The topological polar surface area (TPSA) is 37.9 Å². The molecule has 0 aliphatic carbocycles. The number of aryl methyl sites for hydroxylation is 1. The molecule has 0 saturated carbocycles. The molecule has 0 saturated heterocycles. The van der Waals surface area contributed by atoms with Crippen LogP contribution in [0.15, 0.2) is 24.3 Å². The van der Waals surface area contributed by atoms with Gasteiger partial charge in [0.25, 0.3) is 0 Å². The highest BCUT2D eigenvalue weighted by Gasteiger charge is 2.17. The zero-order valence-corrected chi connectivity index (χ0v) is 10.7. The molecule has 3 heteroatoms. The number of rotatable bonds is 3. The van der Waals surface area contributed by atoms with Crippen LogP contribution in [0.4, 0.5) is 0 Å². The summed E-state index contributed by atoms with van der Waals surface area (Å²) in [5, 5.41) is 7.47. The van der Waals surface area contributed by atoms with Crippen LogP contribution < -0.4 is 4.74 Å². The Morgan fingerprint density at radius 3 is 2.59 bits per heavy atom. The van der Waals surface area contributed by atoms with E-state index in [9.17, 15) is 0 Å². The third kappa shape index (κ3) is 2.05. The van der Waals surface area contributed by atoms with Crippen molar-refractivity contribution in [2.24, 2.45) is 0 Å². The fourth-order valence-electron chi connectivity index (χ4n) is 2.19. The Balaban J connectivity index is 2.60. The lowest BCUT2D eigenvalue weighted by molar-refractivity contribution is 0.416. The fourth-order valence-corrected chi connectivity index (χ4v) is 2.19. The molecule has 2 rings (SSSR count). The molecular formula is C14H18N2O. The second kappa shape index (κ2) is 4.62. The number of methoxy groups -OCH3 is 1. The summed E-state index contributed by atoms with van der Waals surface area (Å²) in [7, 11) is 1.69. The molecule has 1 N–H and O–H groups in total. The first kappa shape index (κ1) is 11.7. The predicted molar refractivity (Wildman–Crippen MR) is 69.4 cm³/mol. The number of hydrogen-bond donors (Lipinski definition) is 1. The second-order valence-corrected chi connectivity index (χ2v) is 4.47. The molecule has 17 heavy (non-hydrogen) atoms. The van der Waals surface area contributed by atoms with Gasteiger partial charge in [0.15, 0.2) is 0 Å². The Hall–Kier alpha value is -1.77. The summed E-state index contributed by atoms with van der Waals surface area (Å²) in [5.74, 6) is 1.30. The van der Waals surface area contributed by atoms with E-state index < -0.39 is 0 Å². The quantitative estimate of drug-likeness (QED) is 0.876. The van der Waals surface area contributed by atoms with E-state index in [1.54, 1.807) is 7.11 Å². The maximum Gasteiger partial charge on any atom is 0.128 e. The van der Waals surface area contributed by atoms with E-state index in [0.717, 1.165) is 22.7 Å². The maximum absolute atomic E-state index is 5.39. The number of nitrogens with one attached hydrogen (secondary N) is 1. The molecule has 2 aromatic rings. The summed E-state index contributed by atoms with van der Waals surface area (Å²) in [4.78, 5) is 0. The zero-order chi connectivity index (χ0) is 12.4. The van der Waals surface area contributed by atoms with Crippen molar-refractivity contribution in [3.05, 3.63) is 35.5 Å². The molecule has 3 nitrogen and oxygen atoms in total. The summed E-state index contributed by atoms with van der Waals surface area (Å²) >= 11 is 0. The number of H-pyrrole nitrogens is 1. The van der Waals surface area contributed by atoms with E-state index in [2.05, 4.69) is 31.0 Å². The van der Waals surface area contributed by atoms with Gasteiger partial charge in [0.2, 0.25) is 0 Å². The van der Waals surface area contributed by atoms with Crippen LogP contribution in [0.2, 0.25) is 0 Å². The first-order valence-electron chi connectivity index (χ1n) is 5.83. The SMILES string of the molecule is COc1ccccc1-c1n[nH]c(C)c1C(C)C. The molecule has 0 bridgehead atoms. The average Bonchev–Trinajstić information content (AvgIpc) is 2.71. The van der Waals surface area contributed by atoms with E-state index >= 15 is 0 Å². The number of nitrogens with zero attached hydrogens (tertiary/aromatic N) is 1. The molecule has 1 heterocycles. The van der Waals surface area contributed by atoms with Crippen LogP contribution in [0.3, 0.4) is 0 Å². The number of benzene rings is 1. The lowest BCUT2D eigenvalue weighted by atomic mass is 9.96. The Morgan fingerprint density at radius 2 is 1.94 bits per heavy atom. The van der Waals surface area contributed by atoms with Crippen molar-refractivity contribution >= 4 is 0 Å². The molecular weight excluding hydrogens is 212 g/mol. The van der Waals surface area contributed by atoms with E-state index in [-0.39, 0.29) is 0 Å². The Bertz CT molecular complexity index is 515. The van der Waals surface area contributed by atoms with Crippen LogP contribution in [0.1, 0.15) is 31.0 Å². The van der Waals surface area contributed by atoms with Crippen molar-refractivity contribution in [1.29, 1.82) is 0 Å². The Morgan fingerprint density at radius 1 is 1.24 bits per heavy atom. The van der Waals surface area contributed by atoms with E-state index in [1.165, 1.54) is 5.56 Å². The normalized spacial score (nSPS) is 10.9. The van der Waals surface area contributed by atoms with Gasteiger partial charge < -0.3 is 4.74 Å². The predicted octanol–water partition coefficient (Wildman–Crippen LogP) is 3.52. The molecule has 0 aliphatic rings. The standard InChI is InChI=1S/C14H18N2O/c1-9(2)13-10(3)15-16-14(13)11-7-5-6-8-12(11)17-4/h5-9H,1-4H3,(H,15,16). The summed E-state index contributed by atoms with van der Waals surface area (Å²) in [6.45, 7) is 6.41. The highest BCUT2D eigenvalue weighted by atomic mass is 16.5. The van der Waals surface area contributed by atoms with E-state index in [1.807, 2.05) is 24.3 Å². The van der Waals surface area contributed by atoms with Crippen molar-refractivity contribution in [2.75, 3.05) is 7.11 Å².